The Bertz CT molecular complexity index is 915. The van der Waals surface area contributed by atoms with Crippen molar-refractivity contribution in [1.82, 2.24) is 0 Å². The number of hydrogen-bond donors (Lipinski definition) is 1. The molecule has 6 heteroatoms. The van der Waals surface area contributed by atoms with Gasteiger partial charge in [-0.15, -0.1) is 12.6 Å². The van der Waals surface area contributed by atoms with Crippen molar-refractivity contribution >= 4 is 30.5 Å². The highest BCUT2D eigenvalue weighted by molar-refractivity contribution is 7.80. The van der Waals surface area contributed by atoms with Gasteiger partial charge in [0.05, 0.1) is 24.9 Å². The monoisotopic (exact) mass is 414 g/mol. The van der Waals surface area contributed by atoms with Gasteiger partial charge < -0.3 is 14.2 Å². The molecule has 0 aromatic heterocycles. The number of carbonyl (C=O) groups is 2. The molecule has 0 saturated carbocycles. The van der Waals surface area contributed by atoms with E-state index in [0.717, 1.165) is 0 Å². The van der Waals surface area contributed by atoms with Crippen molar-refractivity contribution in [3.8, 4) is 11.5 Å². The highest BCUT2D eigenvalue weighted by Gasteiger charge is 2.14. The molecule has 0 unspecified atom stereocenters. The Morgan fingerprint density at radius 2 is 1.72 bits per heavy atom. The van der Waals surface area contributed by atoms with Gasteiger partial charge in [-0.05, 0) is 70.2 Å². The third kappa shape index (κ3) is 6.39. The number of benzene rings is 2. The first kappa shape index (κ1) is 22.6. The average molecular weight is 415 g/mol. The molecule has 0 bridgehead atoms. The molecule has 0 atom stereocenters. The molecule has 154 valence electrons. The first-order chi connectivity index (χ1) is 13.7. The molecule has 0 fully saturated rings. The van der Waals surface area contributed by atoms with Gasteiger partial charge in [0.1, 0.15) is 11.5 Å². The smallest absolute Gasteiger partial charge is 0.338 e. The third-order valence-electron chi connectivity index (χ3n) is 3.84. The number of thiol groups is 1. The van der Waals surface area contributed by atoms with Crippen molar-refractivity contribution in [2.24, 2.45) is 0 Å². The lowest BCUT2D eigenvalue weighted by Crippen LogP contribution is -2.13. The summed E-state index contributed by atoms with van der Waals surface area (Å²) in [6.07, 6.45) is 2.81. The molecule has 2 aromatic rings. The van der Waals surface area contributed by atoms with Crippen LogP contribution in [0.1, 0.15) is 54.0 Å². The van der Waals surface area contributed by atoms with Crippen LogP contribution >= 0.6 is 12.6 Å². The van der Waals surface area contributed by atoms with E-state index in [1.54, 1.807) is 63.4 Å². The van der Waals surface area contributed by atoms with E-state index in [2.05, 4.69) is 12.6 Å². The van der Waals surface area contributed by atoms with Gasteiger partial charge in [-0.25, -0.2) is 4.79 Å². The van der Waals surface area contributed by atoms with Crippen molar-refractivity contribution in [3.05, 3.63) is 59.2 Å². The number of rotatable bonds is 8. The van der Waals surface area contributed by atoms with E-state index in [-0.39, 0.29) is 18.0 Å². The molecule has 0 amide bonds. The molecular weight excluding hydrogens is 388 g/mol. The summed E-state index contributed by atoms with van der Waals surface area (Å²) in [5.41, 5.74) is 1.54. The summed E-state index contributed by atoms with van der Waals surface area (Å²) in [6, 6.07) is 10.1. The Morgan fingerprint density at radius 1 is 1.00 bits per heavy atom. The molecule has 0 aliphatic heterocycles. The largest absolute Gasteiger partial charge is 0.497 e. The SMILES string of the molecule is COc1ccc(C(=O)/C=C/c2ccc(C(=O)OC(C)C)cc2OC(C)C)c(S)c1. The van der Waals surface area contributed by atoms with E-state index in [1.807, 2.05) is 13.8 Å². The molecule has 0 saturated heterocycles. The number of hydrogen-bond acceptors (Lipinski definition) is 6. The predicted molar refractivity (Wildman–Crippen MR) is 116 cm³/mol. The van der Waals surface area contributed by atoms with Crippen LogP contribution in [-0.4, -0.2) is 31.1 Å². The maximum absolute atomic E-state index is 12.6. The Labute approximate surface area is 177 Å². The summed E-state index contributed by atoms with van der Waals surface area (Å²) in [7, 11) is 1.56. The molecule has 0 aliphatic rings. The summed E-state index contributed by atoms with van der Waals surface area (Å²) in [4.78, 5) is 25.3. The number of allylic oxidation sites excluding steroid dienone is 1. The molecule has 0 radical (unpaired) electrons. The summed E-state index contributed by atoms with van der Waals surface area (Å²) >= 11 is 4.36. The molecular formula is C23H26O5S. The minimum absolute atomic E-state index is 0.0974. The molecule has 0 spiro atoms. The number of carbonyl (C=O) groups excluding carboxylic acids is 2. The molecule has 2 aromatic carbocycles. The van der Waals surface area contributed by atoms with E-state index in [9.17, 15) is 9.59 Å². The Morgan fingerprint density at radius 3 is 2.31 bits per heavy atom. The molecule has 0 heterocycles. The standard InChI is InChI=1S/C23H26O5S/c1-14(2)27-21-12-17(23(25)28-15(3)4)7-6-16(21)8-11-20(24)19-10-9-18(26-5)13-22(19)29/h6-15,29H,1-5H3/b11-8+. The van der Waals surface area contributed by atoms with Gasteiger partial charge in [-0.1, -0.05) is 6.07 Å². The zero-order valence-electron chi connectivity index (χ0n) is 17.3. The van der Waals surface area contributed by atoms with Gasteiger partial charge >= 0.3 is 5.97 Å². The van der Waals surface area contributed by atoms with Gasteiger partial charge in [0, 0.05) is 16.0 Å². The first-order valence-corrected chi connectivity index (χ1v) is 9.77. The minimum Gasteiger partial charge on any atom is -0.497 e. The van der Waals surface area contributed by atoms with Crippen LogP contribution in [0.2, 0.25) is 0 Å². The lowest BCUT2D eigenvalue weighted by molar-refractivity contribution is 0.0377. The van der Waals surface area contributed by atoms with Crippen molar-refractivity contribution in [3.63, 3.8) is 0 Å². The van der Waals surface area contributed by atoms with E-state index >= 15 is 0 Å². The van der Waals surface area contributed by atoms with Crippen molar-refractivity contribution in [1.29, 1.82) is 0 Å². The van der Waals surface area contributed by atoms with E-state index < -0.39 is 5.97 Å². The highest BCUT2D eigenvalue weighted by Crippen LogP contribution is 2.26. The fourth-order valence-corrected chi connectivity index (χ4v) is 2.85. The van der Waals surface area contributed by atoms with Crippen molar-refractivity contribution < 1.29 is 23.8 Å². The van der Waals surface area contributed by atoms with Crippen LogP contribution in [-0.2, 0) is 4.74 Å². The molecule has 29 heavy (non-hydrogen) atoms. The fourth-order valence-electron chi connectivity index (χ4n) is 2.54. The molecule has 0 N–H and O–H groups in total. The van der Waals surface area contributed by atoms with Crippen LogP contribution in [0.4, 0.5) is 0 Å². The van der Waals surface area contributed by atoms with E-state index in [4.69, 9.17) is 14.2 Å². The Hall–Kier alpha value is -2.73. The first-order valence-electron chi connectivity index (χ1n) is 9.32. The van der Waals surface area contributed by atoms with Gasteiger partial charge in [-0.3, -0.25) is 4.79 Å². The summed E-state index contributed by atoms with van der Waals surface area (Å²) in [6.45, 7) is 7.37. The lowest BCUT2D eigenvalue weighted by Gasteiger charge is -2.14. The molecule has 2 rings (SSSR count). The van der Waals surface area contributed by atoms with Gasteiger partial charge in [-0.2, -0.15) is 0 Å². The summed E-state index contributed by atoms with van der Waals surface area (Å²) < 4.78 is 16.2. The topological polar surface area (TPSA) is 61.8 Å². The average Bonchev–Trinajstić information content (AvgIpc) is 2.65. The summed E-state index contributed by atoms with van der Waals surface area (Å²) in [5, 5.41) is 0. The van der Waals surface area contributed by atoms with Crippen LogP contribution in [0.3, 0.4) is 0 Å². The fraction of sp³-hybridized carbons (Fsp3) is 0.304. The van der Waals surface area contributed by atoms with Crippen molar-refractivity contribution in [2.45, 2.75) is 44.8 Å². The zero-order chi connectivity index (χ0) is 21.6. The van der Waals surface area contributed by atoms with Crippen LogP contribution in [0.15, 0.2) is 47.4 Å². The Kier molecular flexibility index (Phi) is 7.91. The quantitative estimate of drug-likeness (QED) is 0.277. The second-order valence-corrected chi connectivity index (χ2v) is 7.44. The number of ketones is 1. The van der Waals surface area contributed by atoms with Crippen LogP contribution in [0.5, 0.6) is 11.5 Å². The molecule has 5 nitrogen and oxygen atoms in total. The summed E-state index contributed by atoms with van der Waals surface area (Å²) in [5.74, 6) is 0.518. The van der Waals surface area contributed by atoms with Gasteiger partial charge in [0.25, 0.3) is 0 Å². The third-order valence-corrected chi connectivity index (χ3v) is 4.21. The van der Waals surface area contributed by atoms with Gasteiger partial charge in [0.2, 0.25) is 0 Å². The maximum atomic E-state index is 12.6. The second-order valence-electron chi connectivity index (χ2n) is 6.95. The van der Waals surface area contributed by atoms with Gasteiger partial charge in [0.15, 0.2) is 5.78 Å². The maximum Gasteiger partial charge on any atom is 0.338 e. The number of ether oxygens (including phenoxy) is 3. The zero-order valence-corrected chi connectivity index (χ0v) is 18.2. The highest BCUT2D eigenvalue weighted by atomic mass is 32.1. The lowest BCUT2D eigenvalue weighted by atomic mass is 10.1. The predicted octanol–water partition coefficient (Wildman–Crippen LogP) is 5.23. The number of methoxy groups -OCH3 is 1. The second kappa shape index (κ2) is 10.2. The van der Waals surface area contributed by atoms with E-state index in [0.29, 0.717) is 33.1 Å². The van der Waals surface area contributed by atoms with Crippen LogP contribution in [0.25, 0.3) is 6.08 Å². The number of esters is 1. The van der Waals surface area contributed by atoms with Crippen molar-refractivity contribution in [2.75, 3.05) is 7.11 Å². The van der Waals surface area contributed by atoms with E-state index in [1.165, 1.54) is 6.08 Å². The van der Waals surface area contributed by atoms with Crippen LogP contribution < -0.4 is 9.47 Å². The Balaban J connectivity index is 2.30. The molecule has 0 aliphatic carbocycles. The normalized spacial score (nSPS) is 11.2. The van der Waals surface area contributed by atoms with Crippen LogP contribution in [0, 0.1) is 0 Å². The minimum atomic E-state index is -0.418.